The van der Waals surface area contributed by atoms with Crippen LogP contribution in [0.2, 0.25) is 0 Å². The van der Waals surface area contributed by atoms with Crippen LogP contribution in [0.5, 0.6) is 0 Å². The summed E-state index contributed by atoms with van der Waals surface area (Å²) in [6, 6.07) is 108. The van der Waals surface area contributed by atoms with Crippen LogP contribution in [0.3, 0.4) is 0 Å². The van der Waals surface area contributed by atoms with Crippen molar-refractivity contribution in [2.75, 3.05) is 0 Å². The number of rotatable bonds is 6. The van der Waals surface area contributed by atoms with Crippen molar-refractivity contribution in [2.24, 2.45) is 0 Å². The van der Waals surface area contributed by atoms with Gasteiger partial charge in [0.05, 0.1) is 0 Å². The molecule has 0 N–H and O–H groups in total. The average molecular weight is 1070 g/mol. The van der Waals surface area contributed by atoms with E-state index in [0.29, 0.717) is 0 Å². The first kappa shape index (κ1) is 50.6. The monoisotopic (exact) mass is 1070 g/mol. The van der Waals surface area contributed by atoms with Gasteiger partial charge in [0.1, 0.15) is 0 Å². The molecule has 84 heavy (non-hydrogen) atoms. The first-order valence-corrected chi connectivity index (χ1v) is 29.4. The minimum Gasteiger partial charge on any atom is -0.0616 e. The summed E-state index contributed by atoms with van der Waals surface area (Å²) in [5.41, 5.74) is 20.4. The molecule has 0 aliphatic rings. The molecular formula is C84H60. The topological polar surface area (TPSA) is 0 Å². The Morgan fingerprint density at radius 3 is 0.643 bits per heavy atom. The molecule has 0 bridgehead atoms. The Kier molecular flexibility index (Phi) is 12.5. The zero-order valence-corrected chi connectivity index (χ0v) is 47.7. The first-order valence-electron chi connectivity index (χ1n) is 29.4. The van der Waals surface area contributed by atoms with Crippen LogP contribution in [0.25, 0.3) is 153 Å². The third kappa shape index (κ3) is 8.96. The van der Waals surface area contributed by atoms with Crippen LogP contribution in [0, 0.1) is 27.7 Å². The Bertz CT molecular complexity index is 5140. The molecule has 0 heterocycles. The van der Waals surface area contributed by atoms with E-state index in [1.807, 2.05) is 0 Å². The molecule has 0 atom stereocenters. The molecule has 0 unspecified atom stereocenters. The highest BCUT2D eigenvalue weighted by Gasteiger charge is 2.18. The zero-order chi connectivity index (χ0) is 56.4. The lowest BCUT2D eigenvalue weighted by Gasteiger charge is -2.17. The largest absolute Gasteiger partial charge is 0.0616 e. The summed E-state index contributed by atoms with van der Waals surface area (Å²) < 4.78 is 0. The second kappa shape index (κ2) is 20.9. The maximum absolute atomic E-state index is 2.33. The van der Waals surface area contributed by atoms with E-state index in [-0.39, 0.29) is 0 Å². The molecule has 0 saturated carbocycles. The third-order valence-corrected chi connectivity index (χ3v) is 17.6. The van der Waals surface area contributed by atoms with Crippen molar-refractivity contribution in [3.05, 3.63) is 313 Å². The highest BCUT2D eigenvalue weighted by molar-refractivity contribution is 6.16. The average Bonchev–Trinajstić information content (AvgIpc) is 2.46. The Morgan fingerprint density at radius 1 is 0.155 bits per heavy atom. The molecule has 0 nitrogen and oxygen atoms in total. The maximum atomic E-state index is 2.33. The van der Waals surface area contributed by atoms with Gasteiger partial charge in [-0.1, -0.05) is 290 Å². The van der Waals surface area contributed by atoms with E-state index in [1.54, 1.807) is 0 Å². The smallest absolute Gasteiger partial charge is 0.00987 e. The molecule has 16 rings (SSSR count). The molecule has 0 radical (unpaired) electrons. The van der Waals surface area contributed by atoms with Crippen LogP contribution < -0.4 is 0 Å². The van der Waals surface area contributed by atoms with E-state index in [9.17, 15) is 0 Å². The molecule has 0 saturated heterocycles. The zero-order valence-electron chi connectivity index (χ0n) is 47.7. The maximum Gasteiger partial charge on any atom is -0.00987 e. The fourth-order valence-corrected chi connectivity index (χ4v) is 13.4. The van der Waals surface area contributed by atoms with E-state index in [4.69, 9.17) is 0 Å². The van der Waals surface area contributed by atoms with E-state index in [2.05, 4.69) is 319 Å². The second-order valence-electron chi connectivity index (χ2n) is 23.0. The van der Waals surface area contributed by atoms with Gasteiger partial charge in [-0.2, -0.15) is 0 Å². The summed E-state index contributed by atoms with van der Waals surface area (Å²) in [6.45, 7) is 8.65. The molecule has 0 aromatic heterocycles. The number of hydrogen-bond acceptors (Lipinski definition) is 0. The van der Waals surface area contributed by atoms with Gasteiger partial charge in [0.15, 0.2) is 0 Å². The van der Waals surface area contributed by atoms with Crippen molar-refractivity contribution in [1.29, 1.82) is 0 Å². The van der Waals surface area contributed by atoms with Crippen LogP contribution >= 0.6 is 0 Å². The fraction of sp³-hybridized carbons (Fsp3) is 0.0476. The van der Waals surface area contributed by atoms with Crippen LogP contribution in [-0.4, -0.2) is 0 Å². The van der Waals surface area contributed by atoms with Crippen molar-refractivity contribution < 1.29 is 0 Å². The Balaban J connectivity index is 0.000000143. The Labute approximate surface area is 491 Å². The lowest BCUT2D eigenvalue weighted by molar-refractivity contribution is 1.50. The van der Waals surface area contributed by atoms with Crippen molar-refractivity contribution >= 4 is 86.2 Å². The van der Waals surface area contributed by atoms with E-state index < -0.39 is 0 Å². The normalized spacial score (nSPS) is 11.6. The van der Waals surface area contributed by atoms with Gasteiger partial charge in [0.25, 0.3) is 0 Å². The van der Waals surface area contributed by atoms with Crippen molar-refractivity contribution in [1.82, 2.24) is 0 Å². The van der Waals surface area contributed by atoms with Crippen molar-refractivity contribution in [3.63, 3.8) is 0 Å². The lowest BCUT2D eigenvalue weighted by Crippen LogP contribution is -1.90. The van der Waals surface area contributed by atoms with Crippen molar-refractivity contribution in [3.8, 4) is 66.8 Å². The van der Waals surface area contributed by atoms with Crippen LogP contribution in [0.15, 0.2) is 291 Å². The fourth-order valence-electron chi connectivity index (χ4n) is 13.4. The summed E-state index contributed by atoms with van der Waals surface area (Å²) in [5.74, 6) is 0. The number of fused-ring (bicyclic) bond motifs is 8. The lowest BCUT2D eigenvalue weighted by atomic mass is 9.86. The van der Waals surface area contributed by atoms with E-state index in [0.717, 1.165) is 0 Å². The minimum atomic E-state index is 1.25. The molecule has 0 aliphatic carbocycles. The Morgan fingerprint density at radius 2 is 0.357 bits per heavy atom. The highest BCUT2D eigenvalue weighted by atomic mass is 14.2. The van der Waals surface area contributed by atoms with E-state index in [1.165, 1.54) is 175 Å². The molecule has 0 spiro atoms. The third-order valence-electron chi connectivity index (χ3n) is 17.6. The van der Waals surface area contributed by atoms with Gasteiger partial charge in [-0.05, 0) is 204 Å². The predicted octanol–water partition coefficient (Wildman–Crippen LogP) is 23.8. The van der Waals surface area contributed by atoms with Gasteiger partial charge in [-0.3, -0.25) is 0 Å². The number of aryl methyl sites for hydroxylation is 4. The summed E-state index contributed by atoms with van der Waals surface area (Å²) in [4.78, 5) is 0. The van der Waals surface area contributed by atoms with E-state index >= 15 is 0 Å². The summed E-state index contributed by atoms with van der Waals surface area (Å²) in [5, 5.41) is 20.5. The number of benzene rings is 16. The molecule has 0 heteroatoms. The molecular weight excluding hydrogens is 1010 g/mol. The van der Waals surface area contributed by atoms with Gasteiger partial charge >= 0.3 is 0 Å². The standard InChI is InChI=1S/2C42H30/c1-27-11-13-31-25-33(17-15-29(31)23-27)35-19-21-41(39-9-5-3-7-37(35)39)42-22-20-36(38-8-4-6-10-40(38)42)34-18-16-30-24-28(2)12-14-32(30)26-34;1-27-15-17-30-26-31(19-18-29(30)25-27)33-21-22-40(36-12-6-5-11-35(33)36)42-24-23-41(37-13-7-8-14-38(37)42)39-20-16-28(2)32-9-3-4-10-34(32)39/h2*3-26H,1-2H3. The molecule has 0 fully saturated rings. The Hall–Kier alpha value is -10.4. The number of hydrogen-bond donors (Lipinski definition) is 0. The van der Waals surface area contributed by atoms with Crippen LogP contribution in [0.4, 0.5) is 0 Å². The van der Waals surface area contributed by atoms with Crippen LogP contribution in [0.1, 0.15) is 22.3 Å². The molecule has 0 aliphatic heterocycles. The van der Waals surface area contributed by atoms with Gasteiger partial charge < -0.3 is 0 Å². The second-order valence-corrected chi connectivity index (χ2v) is 23.0. The van der Waals surface area contributed by atoms with Gasteiger partial charge in [0, 0.05) is 0 Å². The summed E-state index contributed by atoms with van der Waals surface area (Å²) >= 11 is 0. The molecule has 16 aromatic rings. The molecule has 0 amide bonds. The van der Waals surface area contributed by atoms with Gasteiger partial charge in [0.2, 0.25) is 0 Å². The SMILES string of the molecule is Cc1ccc2cc(-c3ccc(-c4ccc(-c5ccc(C)c6ccccc56)c5ccccc45)c4ccccc34)ccc2c1.Cc1ccc2cc(-c3ccc(-c4ccc(-c5ccc6cc(C)ccc6c5)c5ccccc45)c4ccccc34)ccc2c1. The quantitative estimate of drug-likeness (QED) is 0.156. The molecule has 16 aromatic carbocycles. The highest BCUT2D eigenvalue weighted by Crippen LogP contribution is 2.45. The predicted molar refractivity (Wildman–Crippen MR) is 364 cm³/mol. The summed E-state index contributed by atoms with van der Waals surface area (Å²) in [6.07, 6.45) is 0. The molecule has 396 valence electrons. The van der Waals surface area contributed by atoms with Gasteiger partial charge in [-0.25, -0.2) is 0 Å². The van der Waals surface area contributed by atoms with Crippen LogP contribution in [-0.2, 0) is 0 Å². The van der Waals surface area contributed by atoms with Gasteiger partial charge in [-0.15, -0.1) is 0 Å². The minimum absolute atomic E-state index is 1.25. The first-order chi connectivity index (χ1) is 41.3. The van der Waals surface area contributed by atoms with Crippen molar-refractivity contribution in [2.45, 2.75) is 27.7 Å². The summed E-state index contributed by atoms with van der Waals surface area (Å²) in [7, 11) is 0.